The van der Waals surface area contributed by atoms with Gasteiger partial charge in [-0.3, -0.25) is 4.79 Å². The van der Waals surface area contributed by atoms with Crippen molar-refractivity contribution in [2.45, 2.75) is 6.54 Å². The molecule has 5 heteroatoms. The molecule has 0 saturated carbocycles. The second-order valence-corrected chi connectivity index (χ2v) is 3.62. The first kappa shape index (κ1) is 10.3. The number of rotatable bonds is 3. The first-order chi connectivity index (χ1) is 7.31. The van der Waals surface area contributed by atoms with Crippen LogP contribution in [0.25, 0.3) is 0 Å². The molecular weight excluding hydrogens is 262 g/mol. The summed E-state index contributed by atoms with van der Waals surface area (Å²) in [6.07, 6.45) is 0. The van der Waals surface area contributed by atoms with E-state index in [4.69, 9.17) is 9.47 Å². The van der Waals surface area contributed by atoms with Gasteiger partial charge in [0.2, 0.25) is 12.7 Å². The van der Waals surface area contributed by atoms with E-state index < -0.39 is 0 Å². The Kier molecular flexibility index (Phi) is 3.11. The third kappa shape index (κ3) is 2.23. The lowest BCUT2D eigenvalue weighted by molar-refractivity contribution is -0.118. The van der Waals surface area contributed by atoms with Crippen molar-refractivity contribution in [2.24, 2.45) is 0 Å². The number of alkyl halides is 1. The van der Waals surface area contributed by atoms with Gasteiger partial charge in [0.05, 0.1) is 5.33 Å². The van der Waals surface area contributed by atoms with Gasteiger partial charge in [-0.1, -0.05) is 28.1 Å². The molecule has 1 aromatic rings. The summed E-state index contributed by atoms with van der Waals surface area (Å²) in [5.74, 6) is 1.42. The van der Waals surface area contributed by atoms with Crippen LogP contribution in [-0.2, 0) is 11.3 Å². The van der Waals surface area contributed by atoms with Crippen LogP contribution in [0.1, 0.15) is 5.56 Å². The Morgan fingerprint density at radius 2 is 2.33 bits per heavy atom. The van der Waals surface area contributed by atoms with Gasteiger partial charge in [-0.2, -0.15) is 0 Å². The van der Waals surface area contributed by atoms with Gasteiger partial charge in [-0.25, -0.2) is 0 Å². The van der Waals surface area contributed by atoms with Crippen molar-refractivity contribution in [1.29, 1.82) is 0 Å². The maximum atomic E-state index is 11.1. The van der Waals surface area contributed by atoms with Crippen molar-refractivity contribution >= 4 is 21.8 Å². The smallest absolute Gasteiger partial charge is 0.231 e. The van der Waals surface area contributed by atoms with Crippen LogP contribution in [0.5, 0.6) is 11.5 Å². The van der Waals surface area contributed by atoms with Crippen molar-refractivity contribution in [2.75, 3.05) is 12.1 Å². The lowest BCUT2D eigenvalue weighted by atomic mass is 10.2. The lowest BCUT2D eigenvalue weighted by Crippen LogP contribution is -2.23. The molecule has 1 aliphatic rings. The fourth-order valence-electron chi connectivity index (χ4n) is 1.37. The van der Waals surface area contributed by atoms with Crippen molar-refractivity contribution in [1.82, 2.24) is 5.32 Å². The summed E-state index contributed by atoms with van der Waals surface area (Å²) in [6, 6.07) is 5.63. The molecule has 0 saturated heterocycles. The molecule has 4 nitrogen and oxygen atoms in total. The van der Waals surface area contributed by atoms with E-state index in [2.05, 4.69) is 21.2 Å². The number of hydrogen-bond donors (Lipinski definition) is 1. The Bertz CT molecular complexity index is 381. The number of carbonyl (C=O) groups excluding carboxylic acids is 1. The molecule has 0 aliphatic carbocycles. The molecule has 0 aromatic heterocycles. The SMILES string of the molecule is O=C(CBr)NCc1cccc2c1OCO2. The van der Waals surface area contributed by atoms with E-state index in [0.717, 1.165) is 17.1 Å². The maximum absolute atomic E-state index is 11.1. The van der Waals surface area contributed by atoms with Crippen LogP contribution in [0.3, 0.4) is 0 Å². The molecule has 1 N–H and O–H groups in total. The number of benzene rings is 1. The highest BCUT2D eigenvalue weighted by Gasteiger charge is 2.16. The maximum Gasteiger partial charge on any atom is 0.231 e. The van der Waals surface area contributed by atoms with Gasteiger partial charge in [0.1, 0.15) is 0 Å². The summed E-state index contributed by atoms with van der Waals surface area (Å²) < 4.78 is 10.5. The average Bonchev–Trinajstić information content (AvgIpc) is 2.74. The standard InChI is InChI=1S/C10H10BrNO3/c11-4-9(13)12-5-7-2-1-3-8-10(7)15-6-14-8/h1-3H,4-6H2,(H,12,13). The molecule has 80 valence electrons. The first-order valence-corrected chi connectivity index (χ1v) is 5.63. The number of hydrogen-bond acceptors (Lipinski definition) is 3. The topological polar surface area (TPSA) is 47.6 Å². The molecule has 0 fully saturated rings. The fourth-order valence-corrected chi connectivity index (χ4v) is 1.57. The Morgan fingerprint density at radius 1 is 1.47 bits per heavy atom. The zero-order valence-electron chi connectivity index (χ0n) is 7.96. The van der Waals surface area contributed by atoms with Crippen LogP contribution >= 0.6 is 15.9 Å². The Balaban J connectivity index is 2.09. The van der Waals surface area contributed by atoms with E-state index in [1.165, 1.54) is 0 Å². The molecule has 0 atom stereocenters. The quantitative estimate of drug-likeness (QED) is 0.847. The third-order valence-corrected chi connectivity index (χ3v) is 2.58. The van der Waals surface area contributed by atoms with Crippen LogP contribution in [0.2, 0.25) is 0 Å². The molecule has 1 aliphatic heterocycles. The Morgan fingerprint density at radius 3 is 3.13 bits per heavy atom. The van der Waals surface area contributed by atoms with E-state index in [9.17, 15) is 4.79 Å². The number of nitrogens with one attached hydrogen (secondary N) is 1. The number of fused-ring (bicyclic) bond motifs is 1. The Hall–Kier alpha value is -1.23. The highest BCUT2D eigenvalue weighted by molar-refractivity contribution is 9.09. The number of carbonyl (C=O) groups is 1. The molecule has 0 radical (unpaired) electrons. The van der Waals surface area contributed by atoms with Gasteiger partial charge in [-0.05, 0) is 6.07 Å². The van der Waals surface area contributed by atoms with E-state index in [1.807, 2.05) is 18.2 Å². The molecule has 0 unspecified atom stereocenters. The van der Waals surface area contributed by atoms with Crippen LogP contribution in [0.15, 0.2) is 18.2 Å². The summed E-state index contributed by atoms with van der Waals surface area (Å²) >= 11 is 3.08. The molecule has 15 heavy (non-hydrogen) atoms. The van der Waals surface area contributed by atoms with Gasteiger partial charge < -0.3 is 14.8 Å². The summed E-state index contributed by atoms with van der Waals surface area (Å²) in [5.41, 5.74) is 0.930. The molecule has 0 bridgehead atoms. The van der Waals surface area contributed by atoms with E-state index in [-0.39, 0.29) is 12.7 Å². The van der Waals surface area contributed by atoms with Crippen LogP contribution in [0.4, 0.5) is 0 Å². The number of para-hydroxylation sites is 1. The van der Waals surface area contributed by atoms with E-state index >= 15 is 0 Å². The summed E-state index contributed by atoms with van der Waals surface area (Å²) in [5, 5.41) is 3.06. The van der Waals surface area contributed by atoms with Gasteiger partial charge in [0.15, 0.2) is 11.5 Å². The van der Waals surface area contributed by atoms with Gasteiger partial charge in [-0.15, -0.1) is 0 Å². The molecule has 2 rings (SSSR count). The number of halogens is 1. The van der Waals surface area contributed by atoms with Crippen LogP contribution < -0.4 is 14.8 Å². The molecule has 1 heterocycles. The first-order valence-electron chi connectivity index (χ1n) is 4.51. The summed E-state index contributed by atoms with van der Waals surface area (Å²) in [4.78, 5) is 11.1. The van der Waals surface area contributed by atoms with Gasteiger partial charge in [0.25, 0.3) is 0 Å². The second-order valence-electron chi connectivity index (χ2n) is 3.06. The minimum atomic E-state index is -0.0495. The average molecular weight is 272 g/mol. The monoisotopic (exact) mass is 271 g/mol. The summed E-state index contributed by atoms with van der Waals surface area (Å²) in [6.45, 7) is 0.704. The van der Waals surface area contributed by atoms with Gasteiger partial charge >= 0.3 is 0 Å². The van der Waals surface area contributed by atoms with Crippen molar-refractivity contribution < 1.29 is 14.3 Å². The summed E-state index contributed by atoms with van der Waals surface area (Å²) in [7, 11) is 0. The normalized spacial score (nSPS) is 12.6. The van der Waals surface area contributed by atoms with Crippen LogP contribution in [0, 0.1) is 0 Å². The number of ether oxygens (including phenoxy) is 2. The predicted octanol–water partition coefficient (Wildman–Crippen LogP) is 1.43. The van der Waals surface area contributed by atoms with E-state index in [1.54, 1.807) is 0 Å². The second kappa shape index (κ2) is 4.53. The third-order valence-electron chi connectivity index (χ3n) is 2.08. The lowest BCUT2D eigenvalue weighted by Gasteiger charge is -2.06. The zero-order chi connectivity index (χ0) is 10.7. The van der Waals surface area contributed by atoms with E-state index in [0.29, 0.717) is 11.9 Å². The van der Waals surface area contributed by atoms with Crippen LogP contribution in [-0.4, -0.2) is 18.0 Å². The molecular formula is C10H10BrNO3. The predicted molar refractivity (Wildman–Crippen MR) is 58.2 cm³/mol. The Labute approximate surface area is 95.7 Å². The number of amides is 1. The largest absolute Gasteiger partial charge is 0.454 e. The highest BCUT2D eigenvalue weighted by atomic mass is 79.9. The fraction of sp³-hybridized carbons (Fsp3) is 0.300. The molecule has 1 amide bonds. The minimum Gasteiger partial charge on any atom is -0.454 e. The minimum absolute atomic E-state index is 0.0495. The zero-order valence-corrected chi connectivity index (χ0v) is 9.54. The van der Waals surface area contributed by atoms with Crippen molar-refractivity contribution in [3.8, 4) is 11.5 Å². The molecule has 1 aromatic carbocycles. The molecule has 0 spiro atoms. The van der Waals surface area contributed by atoms with Crippen molar-refractivity contribution in [3.63, 3.8) is 0 Å². The van der Waals surface area contributed by atoms with Gasteiger partial charge in [0, 0.05) is 12.1 Å². The highest BCUT2D eigenvalue weighted by Crippen LogP contribution is 2.35. The van der Waals surface area contributed by atoms with Crippen molar-refractivity contribution in [3.05, 3.63) is 23.8 Å².